The minimum absolute atomic E-state index is 0.178. The summed E-state index contributed by atoms with van der Waals surface area (Å²) in [6.45, 7) is 5.90. The van der Waals surface area contributed by atoms with Crippen molar-refractivity contribution in [2.24, 2.45) is 5.92 Å². The van der Waals surface area contributed by atoms with Crippen LogP contribution in [0.25, 0.3) is 11.1 Å². The molecule has 4 N–H and O–H groups in total. The normalized spacial score (nSPS) is 14.3. The molecule has 0 aliphatic heterocycles. The fourth-order valence-corrected chi connectivity index (χ4v) is 5.83. The molecule has 1 aliphatic rings. The molecule has 0 heterocycles. The van der Waals surface area contributed by atoms with Crippen molar-refractivity contribution in [2.75, 3.05) is 33.2 Å². The largest absolute Gasteiger partial charge is 0.508 e. The van der Waals surface area contributed by atoms with E-state index in [1.807, 2.05) is 38.1 Å². The number of fused-ring (bicyclic) bond motifs is 3. The maximum absolute atomic E-state index is 13.8. The van der Waals surface area contributed by atoms with Gasteiger partial charge < -0.3 is 35.3 Å². The van der Waals surface area contributed by atoms with E-state index in [2.05, 4.69) is 16.0 Å². The number of rotatable bonds is 12. The smallest absolute Gasteiger partial charge is 0.242 e. The third-order valence-corrected chi connectivity index (χ3v) is 7.92. The van der Waals surface area contributed by atoms with Crippen molar-refractivity contribution in [3.63, 3.8) is 0 Å². The van der Waals surface area contributed by atoms with Gasteiger partial charge in [-0.05, 0) is 84.2 Å². The van der Waals surface area contributed by atoms with Crippen molar-refractivity contribution in [1.29, 1.82) is 0 Å². The Labute approximate surface area is 264 Å². The lowest BCUT2D eigenvalue weighted by Gasteiger charge is -2.20. The van der Waals surface area contributed by atoms with E-state index in [0.717, 1.165) is 16.7 Å². The van der Waals surface area contributed by atoms with Crippen molar-refractivity contribution >= 4 is 17.5 Å². The number of aromatic hydroxyl groups is 1. The summed E-state index contributed by atoms with van der Waals surface area (Å²) >= 11 is 0. The molecule has 4 rings (SSSR count). The molecule has 10 heteroatoms. The second-order valence-corrected chi connectivity index (χ2v) is 11.6. The highest BCUT2D eigenvalue weighted by atomic mass is 16.5. The number of phenols is 1. The van der Waals surface area contributed by atoms with Crippen LogP contribution in [0.2, 0.25) is 0 Å². The number of nitrogens with one attached hydrogen (secondary N) is 3. The Morgan fingerprint density at radius 3 is 2.31 bits per heavy atom. The highest BCUT2D eigenvalue weighted by Gasteiger charge is 2.30. The van der Waals surface area contributed by atoms with Gasteiger partial charge in [0.1, 0.15) is 11.8 Å². The zero-order chi connectivity index (χ0) is 32.7. The monoisotopic (exact) mass is 617 g/mol. The molecule has 0 saturated heterocycles. The fourth-order valence-electron chi connectivity index (χ4n) is 5.83. The van der Waals surface area contributed by atoms with Crippen LogP contribution in [0.15, 0.2) is 53.3 Å². The number of carbonyl (C=O) groups excluding carboxylic acids is 2. The second kappa shape index (κ2) is 14.8. The Hall–Kier alpha value is -4.73. The standard InChI is InChI=1S/C35H43N3O7/c1-20(2)17-29(35(42)36-16-15-22-7-10-24(40)11-8-22)38-28-14-12-25-26(19-30(28)41)27(37-21(3)39)13-9-23-18-31(43-4)33(44-5)34(45-6)32(23)25/h7-8,10-12,14,18-20,27,29,40H,9,13,15-17H2,1-6H3,(H,36,42)(H,37,39)(H,38,41). The van der Waals surface area contributed by atoms with Gasteiger partial charge in [-0.25, -0.2) is 0 Å². The molecular weight excluding hydrogens is 574 g/mol. The first-order valence-electron chi connectivity index (χ1n) is 15.2. The van der Waals surface area contributed by atoms with Crippen LogP contribution in [0.3, 0.4) is 0 Å². The van der Waals surface area contributed by atoms with Gasteiger partial charge in [-0.3, -0.25) is 14.4 Å². The number of anilines is 1. The molecule has 2 unspecified atom stereocenters. The minimum Gasteiger partial charge on any atom is -0.508 e. The quantitative estimate of drug-likeness (QED) is 0.229. The van der Waals surface area contributed by atoms with Crippen LogP contribution in [0, 0.1) is 5.92 Å². The van der Waals surface area contributed by atoms with Crippen LogP contribution in [-0.4, -0.2) is 50.8 Å². The van der Waals surface area contributed by atoms with Gasteiger partial charge in [0.05, 0.1) is 33.1 Å². The summed E-state index contributed by atoms with van der Waals surface area (Å²) in [5.41, 5.74) is 3.99. The molecule has 0 spiro atoms. The summed E-state index contributed by atoms with van der Waals surface area (Å²) in [6, 6.07) is 12.7. The Morgan fingerprint density at radius 2 is 1.69 bits per heavy atom. The van der Waals surface area contributed by atoms with Gasteiger partial charge in [0.15, 0.2) is 11.5 Å². The number of ether oxygens (including phenoxy) is 3. The number of benzene rings is 2. The fraction of sp³-hybridized carbons (Fsp3) is 0.400. The SMILES string of the molecule is COc1cc2c(c(OC)c1OC)-c1ccc(NC(CC(C)C)C(=O)NCCc3ccc(O)cc3)c(=O)cc1C(NC(C)=O)CC2. The summed E-state index contributed by atoms with van der Waals surface area (Å²) in [5, 5.41) is 18.7. The lowest BCUT2D eigenvalue weighted by molar-refractivity contribution is -0.122. The first-order valence-corrected chi connectivity index (χ1v) is 15.2. The third-order valence-electron chi connectivity index (χ3n) is 7.92. The van der Waals surface area contributed by atoms with Gasteiger partial charge in [0.25, 0.3) is 0 Å². The zero-order valence-corrected chi connectivity index (χ0v) is 26.8. The van der Waals surface area contributed by atoms with Crippen LogP contribution >= 0.6 is 0 Å². The Kier molecular flexibility index (Phi) is 10.9. The molecule has 3 aromatic carbocycles. The lowest BCUT2D eigenvalue weighted by atomic mass is 9.95. The molecule has 2 amide bonds. The number of hydrogen-bond donors (Lipinski definition) is 4. The van der Waals surface area contributed by atoms with E-state index in [0.29, 0.717) is 60.6 Å². The van der Waals surface area contributed by atoms with Gasteiger partial charge >= 0.3 is 0 Å². The molecular formula is C35H43N3O7. The van der Waals surface area contributed by atoms with E-state index in [1.165, 1.54) is 14.0 Å². The molecule has 45 heavy (non-hydrogen) atoms. The number of phenolic OH excluding ortho intramolecular Hbond substituents is 1. The van der Waals surface area contributed by atoms with E-state index in [9.17, 15) is 19.5 Å². The highest BCUT2D eigenvalue weighted by molar-refractivity contribution is 5.86. The van der Waals surface area contributed by atoms with Crippen LogP contribution in [0.5, 0.6) is 23.0 Å². The third kappa shape index (κ3) is 7.87. The van der Waals surface area contributed by atoms with Crippen molar-refractivity contribution in [3.8, 4) is 34.1 Å². The van der Waals surface area contributed by atoms with Crippen molar-refractivity contribution in [2.45, 2.75) is 58.5 Å². The number of hydrogen-bond acceptors (Lipinski definition) is 8. The predicted molar refractivity (Wildman–Crippen MR) is 174 cm³/mol. The van der Waals surface area contributed by atoms with Gasteiger partial charge in [-0.2, -0.15) is 0 Å². The topological polar surface area (TPSA) is 135 Å². The van der Waals surface area contributed by atoms with Crippen molar-refractivity contribution in [1.82, 2.24) is 10.6 Å². The molecule has 240 valence electrons. The van der Waals surface area contributed by atoms with Crippen LogP contribution in [-0.2, 0) is 22.4 Å². The maximum atomic E-state index is 13.8. The van der Waals surface area contributed by atoms with Crippen LogP contribution in [0.4, 0.5) is 5.69 Å². The van der Waals surface area contributed by atoms with Crippen LogP contribution < -0.4 is 35.6 Å². The summed E-state index contributed by atoms with van der Waals surface area (Å²) < 4.78 is 17.1. The van der Waals surface area contributed by atoms with E-state index in [-0.39, 0.29) is 34.6 Å². The van der Waals surface area contributed by atoms with Gasteiger partial charge in [0, 0.05) is 19.0 Å². The molecule has 3 aromatic rings. The van der Waals surface area contributed by atoms with Gasteiger partial charge in [-0.1, -0.05) is 32.0 Å². The average Bonchev–Trinajstić information content (AvgIpc) is 3.24. The Bertz CT molecular complexity index is 1590. The number of amides is 2. The maximum Gasteiger partial charge on any atom is 0.242 e. The van der Waals surface area contributed by atoms with E-state index < -0.39 is 12.1 Å². The van der Waals surface area contributed by atoms with Crippen molar-refractivity contribution in [3.05, 3.63) is 75.4 Å². The number of aryl methyl sites for hydroxylation is 1. The molecule has 1 aliphatic carbocycles. The van der Waals surface area contributed by atoms with Gasteiger partial charge in [0.2, 0.25) is 23.0 Å². The molecule has 2 atom stereocenters. The van der Waals surface area contributed by atoms with Crippen LogP contribution in [0.1, 0.15) is 56.3 Å². The molecule has 0 radical (unpaired) electrons. The summed E-state index contributed by atoms with van der Waals surface area (Å²) in [7, 11) is 4.66. The first-order chi connectivity index (χ1) is 21.6. The second-order valence-electron chi connectivity index (χ2n) is 11.6. The lowest BCUT2D eigenvalue weighted by Crippen LogP contribution is -2.42. The zero-order valence-electron chi connectivity index (χ0n) is 26.8. The average molecular weight is 618 g/mol. The number of carbonyl (C=O) groups is 2. The summed E-state index contributed by atoms with van der Waals surface area (Å²) in [6.07, 6.45) is 2.24. The molecule has 0 fully saturated rings. The summed E-state index contributed by atoms with van der Waals surface area (Å²) in [4.78, 5) is 39.4. The summed E-state index contributed by atoms with van der Waals surface area (Å²) in [5.74, 6) is 1.36. The molecule has 0 saturated carbocycles. The molecule has 0 bridgehead atoms. The van der Waals surface area contributed by atoms with E-state index in [4.69, 9.17) is 14.2 Å². The van der Waals surface area contributed by atoms with E-state index >= 15 is 0 Å². The number of methoxy groups -OCH3 is 3. The Morgan fingerprint density at radius 1 is 0.978 bits per heavy atom. The molecule has 10 nitrogen and oxygen atoms in total. The predicted octanol–water partition coefficient (Wildman–Crippen LogP) is 4.75. The minimum atomic E-state index is -0.656. The Balaban J connectivity index is 1.74. The van der Waals surface area contributed by atoms with Crippen molar-refractivity contribution < 1.29 is 28.9 Å². The van der Waals surface area contributed by atoms with Gasteiger partial charge in [-0.15, -0.1) is 0 Å². The highest BCUT2D eigenvalue weighted by Crippen LogP contribution is 2.50. The molecule has 0 aromatic heterocycles. The van der Waals surface area contributed by atoms with E-state index in [1.54, 1.807) is 38.5 Å². The first kappa shape index (κ1) is 33.2.